The van der Waals surface area contributed by atoms with Gasteiger partial charge in [0.25, 0.3) is 0 Å². The largest absolute Gasteiger partial charge is 0.309 e. The van der Waals surface area contributed by atoms with Crippen LogP contribution in [0.15, 0.2) is 0 Å². The number of hydrogen-bond donors (Lipinski definition) is 0. The summed E-state index contributed by atoms with van der Waals surface area (Å²) in [5.41, 5.74) is 0. The van der Waals surface area contributed by atoms with Gasteiger partial charge in [0.15, 0.2) is 0 Å². The summed E-state index contributed by atoms with van der Waals surface area (Å²) in [6, 6.07) is 0. The molecule has 3 nitrogen and oxygen atoms in total. The van der Waals surface area contributed by atoms with Crippen molar-refractivity contribution in [2.24, 2.45) is 23.7 Å². The quantitative estimate of drug-likeness (QED) is 0.375. The Morgan fingerprint density at radius 2 is 1.00 bits per heavy atom. The Kier molecular flexibility index (Phi) is 11.4. The summed E-state index contributed by atoms with van der Waals surface area (Å²) in [7, 11) is 9.02. The highest BCUT2D eigenvalue weighted by Gasteiger charge is 2.32. The summed E-state index contributed by atoms with van der Waals surface area (Å²) in [6.45, 7) is 9.00. The van der Waals surface area contributed by atoms with Gasteiger partial charge in [-0.2, -0.15) is 0 Å². The fourth-order valence-corrected chi connectivity index (χ4v) is 5.99. The molecule has 0 bridgehead atoms. The average molecular weight is 394 g/mol. The zero-order valence-corrected chi connectivity index (χ0v) is 20.0. The first kappa shape index (κ1) is 24.2. The maximum Gasteiger partial charge on any atom is 0.00129 e. The number of unbranched alkanes of at least 4 members (excludes halogenated alkanes) is 4. The van der Waals surface area contributed by atoms with E-state index in [1.165, 1.54) is 103 Å². The third kappa shape index (κ3) is 8.71. The maximum atomic E-state index is 2.92. The highest BCUT2D eigenvalue weighted by atomic mass is 15.1. The fraction of sp³-hybridized carbons (Fsp3) is 1.00. The van der Waals surface area contributed by atoms with Gasteiger partial charge in [0.2, 0.25) is 0 Å². The van der Waals surface area contributed by atoms with Crippen molar-refractivity contribution in [1.29, 1.82) is 0 Å². The van der Waals surface area contributed by atoms with Gasteiger partial charge in [0.05, 0.1) is 0 Å². The van der Waals surface area contributed by atoms with Crippen molar-refractivity contribution in [3.63, 3.8) is 0 Å². The first-order chi connectivity index (χ1) is 13.5. The van der Waals surface area contributed by atoms with E-state index in [0.717, 1.165) is 23.7 Å². The molecule has 0 amide bonds. The van der Waals surface area contributed by atoms with E-state index in [1.807, 2.05) is 0 Å². The summed E-state index contributed by atoms with van der Waals surface area (Å²) in [4.78, 5) is 7.76. The van der Waals surface area contributed by atoms with Gasteiger partial charge in [-0.25, -0.2) is 0 Å². The van der Waals surface area contributed by atoms with Gasteiger partial charge in [0, 0.05) is 26.2 Å². The van der Waals surface area contributed by atoms with Crippen LogP contribution >= 0.6 is 0 Å². The Balaban J connectivity index is 1.90. The molecule has 0 heterocycles. The van der Waals surface area contributed by atoms with Gasteiger partial charge in [-0.1, -0.05) is 45.4 Å². The Hall–Kier alpha value is -0.120. The van der Waals surface area contributed by atoms with Gasteiger partial charge in [-0.05, 0) is 90.5 Å². The highest BCUT2D eigenvalue weighted by Crippen LogP contribution is 2.36. The minimum atomic E-state index is 0.929. The molecule has 0 aromatic rings. The number of hydrogen-bond acceptors (Lipinski definition) is 3. The lowest BCUT2D eigenvalue weighted by Gasteiger charge is -2.33. The van der Waals surface area contributed by atoms with Crippen LogP contribution in [0.2, 0.25) is 0 Å². The second-order valence-electron chi connectivity index (χ2n) is 10.6. The van der Waals surface area contributed by atoms with Crippen LogP contribution in [0, 0.1) is 23.7 Å². The molecule has 0 radical (unpaired) electrons. The summed E-state index contributed by atoms with van der Waals surface area (Å²) in [6.07, 6.45) is 15.8. The van der Waals surface area contributed by atoms with Crippen LogP contribution in [-0.4, -0.2) is 75.6 Å². The summed E-state index contributed by atoms with van der Waals surface area (Å²) in [5, 5.41) is 0. The predicted molar refractivity (Wildman–Crippen MR) is 124 cm³/mol. The lowest BCUT2D eigenvalue weighted by Crippen LogP contribution is -2.39. The van der Waals surface area contributed by atoms with Crippen molar-refractivity contribution in [3.05, 3.63) is 0 Å². The molecule has 0 saturated heterocycles. The van der Waals surface area contributed by atoms with Crippen molar-refractivity contribution in [1.82, 2.24) is 14.7 Å². The predicted octanol–water partition coefficient (Wildman–Crippen LogP) is 5.21. The van der Waals surface area contributed by atoms with Crippen molar-refractivity contribution in [3.8, 4) is 0 Å². The summed E-state index contributed by atoms with van der Waals surface area (Å²) >= 11 is 0. The standard InChI is InChI=1S/C25H51N3/c1-6-7-8-9-10-17-28(20-24-15-11-13-22(24)18-26(2)3)21-25-16-12-14-23(25)19-27(4)5/h22-25H,6-21H2,1-5H3. The lowest BCUT2D eigenvalue weighted by atomic mass is 9.92. The summed E-state index contributed by atoms with van der Waals surface area (Å²) in [5.74, 6) is 3.73. The van der Waals surface area contributed by atoms with Crippen molar-refractivity contribution in [2.45, 2.75) is 77.6 Å². The molecular weight excluding hydrogens is 342 g/mol. The lowest BCUT2D eigenvalue weighted by molar-refractivity contribution is 0.143. The molecular formula is C25H51N3. The van der Waals surface area contributed by atoms with Crippen LogP contribution in [-0.2, 0) is 0 Å². The monoisotopic (exact) mass is 393 g/mol. The van der Waals surface area contributed by atoms with Gasteiger partial charge in [0.1, 0.15) is 0 Å². The fourth-order valence-electron chi connectivity index (χ4n) is 5.99. The molecule has 0 aromatic heterocycles. The second-order valence-corrected chi connectivity index (χ2v) is 10.6. The number of nitrogens with zero attached hydrogens (tertiary/aromatic N) is 3. The molecule has 2 saturated carbocycles. The Bertz CT molecular complexity index is 365. The number of rotatable bonds is 14. The van der Waals surface area contributed by atoms with Gasteiger partial charge < -0.3 is 14.7 Å². The Labute approximate surface area is 177 Å². The van der Waals surface area contributed by atoms with Crippen molar-refractivity contribution < 1.29 is 0 Å². The molecule has 2 fully saturated rings. The minimum absolute atomic E-state index is 0.929. The molecule has 28 heavy (non-hydrogen) atoms. The highest BCUT2D eigenvalue weighted by molar-refractivity contribution is 4.85. The molecule has 0 spiro atoms. The van der Waals surface area contributed by atoms with Crippen LogP contribution < -0.4 is 0 Å². The van der Waals surface area contributed by atoms with E-state index in [0.29, 0.717) is 0 Å². The smallest absolute Gasteiger partial charge is 0.00129 e. The average Bonchev–Trinajstić information content (AvgIpc) is 3.23. The zero-order valence-electron chi connectivity index (χ0n) is 20.0. The van der Waals surface area contributed by atoms with E-state index in [4.69, 9.17) is 0 Å². The van der Waals surface area contributed by atoms with Crippen molar-refractivity contribution >= 4 is 0 Å². The van der Waals surface area contributed by atoms with E-state index in [9.17, 15) is 0 Å². The summed E-state index contributed by atoms with van der Waals surface area (Å²) < 4.78 is 0. The van der Waals surface area contributed by atoms with Crippen LogP contribution in [0.25, 0.3) is 0 Å². The van der Waals surface area contributed by atoms with Crippen LogP contribution in [0.3, 0.4) is 0 Å². The molecule has 4 unspecified atom stereocenters. The van der Waals surface area contributed by atoms with E-state index < -0.39 is 0 Å². The molecule has 0 aliphatic heterocycles. The molecule has 3 heteroatoms. The maximum absolute atomic E-state index is 2.92. The van der Waals surface area contributed by atoms with Crippen LogP contribution in [0.1, 0.15) is 77.6 Å². The van der Waals surface area contributed by atoms with Crippen LogP contribution in [0.5, 0.6) is 0 Å². The van der Waals surface area contributed by atoms with E-state index >= 15 is 0 Å². The van der Waals surface area contributed by atoms with Gasteiger partial charge in [-0.15, -0.1) is 0 Å². The molecule has 166 valence electrons. The first-order valence-electron chi connectivity index (χ1n) is 12.5. The van der Waals surface area contributed by atoms with E-state index in [-0.39, 0.29) is 0 Å². The Morgan fingerprint density at radius 3 is 1.43 bits per heavy atom. The minimum Gasteiger partial charge on any atom is -0.309 e. The zero-order chi connectivity index (χ0) is 20.4. The molecule has 2 rings (SSSR count). The SMILES string of the molecule is CCCCCCCN(CC1CCCC1CN(C)C)CC1CCCC1CN(C)C. The molecule has 4 atom stereocenters. The molecule has 0 aromatic carbocycles. The molecule has 2 aliphatic rings. The second kappa shape index (κ2) is 13.2. The van der Waals surface area contributed by atoms with Gasteiger partial charge >= 0.3 is 0 Å². The first-order valence-corrected chi connectivity index (χ1v) is 12.5. The molecule has 2 aliphatic carbocycles. The Morgan fingerprint density at radius 1 is 0.571 bits per heavy atom. The third-order valence-corrected chi connectivity index (χ3v) is 7.40. The van der Waals surface area contributed by atoms with E-state index in [2.05, 4.69) is 49.8 Å². The van der Waals surface area contributed by atoms with Crippen LogP contribution in [0.4, 0.5) is 0 Å². The van der Waals surface area contributed by atoms with E-state index in [1.54, 1.807) is 0 Å². The van der Waals surface area contributed by atoms with Crippen molar-refractivity contribution in [2.75, 3.05) is 60.9 Å². The molecule has 0 N–H and O–H groups in total. The van der Waals surface area contributed by atoms with Gasteiger partial charge in [-0.3, -0.25) is 0 Å². The third-order valence-electron chi connectivity index (χ3n) is 7.40. The topological polar surface area (TPSA) is 9.72 Å². The normalized spacial score (nSPS) is 28.3.